The Labute approximate surface area is 77.7 Å². The SMILES string of the molecule is CC.C\C=C/C(C)=C(C)\C=C\C. The van der Waals surface area contributed by atoms with E-state index in [1.807, 2.05) is 27.7 Å². The van der Waals surface area contributed by atoms with Crippen LogP contribution in [0.5, 0.6) is 0 Å². The molecule has 0 nitrogen and oxygen atoms in total. The summed E-state index contributed by atoms with van der Waals surface area (Å²) in [5.41, 5.74) is 2.67. The normalized spacial score (nSPS) is 12.8. The van der Waals surface area contributed by atoms with Crippen LogP contribution in [0.1, 0.15) is 41.5 Å². The molecule has 0 fully saturated rings. The molecule has 0 unspecified atom stereocenters. The van der Waals surface area contributed by atoms with Gasteiger partial charge in [-0.1, -0.05) is 38.2 Å². The molecule has 0 saturated heterocycles. The first-order valence-electron chi connectivity index (χ1n) is 4.65. The van der Waals surface area contributed by atoms with E-state index in [0.29, 0.717) is 0 Å². The third kappa shape index (κ3) is 7.33. The molecule has 0 saturated carbocycles. The van der Waals surface area contributed by atoms with Gasteiger partial charge in [0.05, 0.1) is 0 Å². The van der Waals surface area contributed by atoms with Gasteiger partial charge >= 0.3 is 0 Å². The lowest BCUT2D eigenvalue weighted by molar-refractivity contribution is 1.36. The van der Waals surface area contributed by atoms with Crippen LogP contribution < -0.4 is 0 Å². The van der Waals surface area contributed by atoms with Crippen LogP contribution in [-0.4, -0.2) is 0 Å². The molecule has 0 heterocycles. The lowest BCUT2D eigenvalue weighted by atomic mass is 10.1. The Morgan fingerprint density at radius 1 is 0.750 bits per heavy atom. The average molecular weight is 166 g/mol. The second-order valence-electron chi connectivity index (χ2n) is 2.37. The van der Waals surface area contributed by atoms with Crippen molar-refractivity contribution in [1.82, 2.24) is 0 Å². The summed E-state index contributed by atoms with van der Waals surface area (Å²) >= 11 is 0. The molecule has 0 aromatic heterocycles. The van der Waals surface area contributed by atoms with Crippen LogP contribution in [0.2, 0.25) is 0 Å². The standard InChI is InChI=1S/C10H16.C2H6/c1-5-7-9(3)10(4)8-6-2;1-2/h5-8H,1-4H3;1-2H3/b7-5-,8-6+,10-9-;. The van der Waals surface area contributed by atoms with Gasteiger partial charge in [0.1, 0.15) is 0 Å². The van der Waals surface area contributed by atoms with Gasteiger partial charge in [-0.15, -0.1) is 0 Å². The van der Waals surface area contributed by atoms with Crippen LogP contribution in [-0.2, 0) is 0 Å². The molecule has 0 rings (SSSR count). The summed E-state index contributed by atoms with van der Waals surface area (Å²) in [5, 5.41) is 0. The van der Waals surface area contributed by atoms with Gasteiger partial charge in [-0.25, -0.2) is 0 Å². The Bertz CT molecular complexity index is 148. The first-order valence-corrected chi connectivity index (χ1v) is 4.65. The van der Waals surface area contributed by atoms with Gasteiger partial charge in [0, 0.05) is 0 Å². The minimum atomic E-state index is 1.33. The lowest BCUT2D eigenvalue weighted by Crippen LogP contribution is -1.74. The Hall–Kier alpha value is -0.780. The van der Waals surface area contributed by atoms with Crippen molar-refractivity contribution in [3.63, 3.8) is 0 Å². The van der Waals surface area contributed by atoms with E-state index in [1.165, 1.54) is 11.1 Å². The third-order valence-corrected chi connectivity index (χ3v) is 1.46. The average Bonchev–Trinajstić information content (AvgIpc) is 2.09. The minimum absolute atomic E-state index is 1.33. The highest BCUT2D eigenvalue weighted by Gasteiger charge is 1.84. The molecule has 0 aliphatic carbocycles. The summed E-state index contributed by atoms with van der Waals surface area (Å²) in [6.45, 7) is 12.3. The summed E-state index contributed by atoms with van der Waals surface area (Å²) in [4.78, 5) is 0. The predicted molar refractivity (Wildman–Crippen MR) is 59.4 cm³/mol. The highest BCUT2D eigenvalue weighted by atomic mass is 13.9. The maximum atomic E-state index is 2.12. The second-order valence-corrected chi connectivity index (χ2v) is 2.37. The lowest BCUT2D eigenvalue weighted by Gasteiger charge is -1.94. The Kier molecular flexibility index (Phi) is 11.7. The molecule has 70 valence electrons. The van der Waals surface area contributed by atoms with Gasteiger partial charge in [0.15, 0.2) is 0 Å². The minimum Gasteiger partial charge on any atom is -0.0874 e. The summed E-state index contributed by atoms with van der Waals surface area (Å²) < 4.78 is 0. The van der Waals surface area contributed by atoms with Crippen molar-refractivity contribution < 1.29 is 0 Å². The van der Waals surface area contributed by atoms with E-state index in [1.54, 1.807) is 0 Å². The zero-order valence-electron chi connectivity index (χ0n) is 9.31. The number of rotatable bonds is 2. The maximum Gasteiger partial charge on any atom is -0.0395 e. The molecule has 0 amide bonds. The van der Waals surface area contributed by atoms with Crippen molar-refractivity contribution in [2.24, 2.45) is 0 Å². The molecule has 0 atom stereocenters. The van der Waals surface area contributed by atoms with Crippen LogP contribution in [0, 0.1) is 0 Å². The molecule has 0 aliphatic rings. The number of allylic oxidation sites excluding steroid dienone is 6. The summed E-state index contributed by atoms with van der Waals surface area (Å²) in [6, 6.07) is 0. The fourth-order valence-electron chi connectivity index (χ4n) is 0.763. The molecule has 12 heavy (non-hydrogen) atoms. The molecule has 0 aromatic rings. The molecular formula is C12H22. The largest absolute Gasteiger partial charge is 0.0874 e. The maximum absolute atomic E-state index is 2.12. The van der Waals surface area contributed by atoms with Gasteiger partial charge in [0.25, 0.3) is 0 Å². The smallest absolute Gasteiger partial charge is 0.0395 e. The van der Waals surface area contributed by atoms with E-state index < -0.39 is 0 Å². The fourth-order valence-corrected chi connectivity index (χ4v) is 0.763. The van der Waals surface area contributed by atoms with E-state index in [4.69, 9.17) is 0 Å². The van der Waals surface area contributed by atoms with Crippen LogP contribution >= 0.6 is 0 Å². The highest BCUT2D eigenvalue weighted by molar-refractivity contribution is 5.29. The van der Waals surface area contributed by atoms with Crippen molar-refractivity contribution in [2.75, 3.05) is 0 Å². The molecule has 0 N–H and O–H groups in total. The first-order chi connectivity index (χ1) is 5.72. The summed E-state index contributed by atoms with van der Waals surface area (Å²) in [7, 11) is 0. The highest BCUT2D eigenvalue weighted by Crippen LogP contribution is 2.05. The molecule has 0 radical (unpaired) electrons. The van der Waals surface area contributed by atoms with Gasteiger partial charge in [0.2, 0.25) is 0 Å². The van der Waals surface area contributed by atoms with Crippen molar-refractivity contribution in [2.45, 2.75) is 41.5 Å². The quantitative estimate of drug-likeness (QED) is 0.530. The van der Waals surface area contributed by atoms with Crippen molar-refractivity contribution in [1.29, 1.82) is 0 Å². The predicted octanol–water partition coefficient (Wildman–Crippen LogP) is 4.50. The number of hydrogen-bond donors (Lipinski definition) is 0. The van der Waals surface area contributed by atoms with E-state index in [-0.39, 0.29) is 0 Å². The molecular weight excluding hydrogens is 144 g/mol. The second kappa shape index (κ2) is 10.2. The number of hydrogen-bond acceptors (Lipinski definition) is 0. The van der Waals surface area contributed by atoms with Crippen LogP contribution in [0.15, 0.2) is 35.5 Å². The first kappa shape index (κ1) is 13.8. The fraction of sp³-hybridized carbons (Fsp3) is 0.500. The molecule has 0 aliphatic heterocycles. The molecule has 0 heteroatoms. The van der Waals surface area contributed by atoms with E-state index in [2.05, 4.69) is 38.2 Å². The molecule has 0 aromatic carbocycles. The van der Waals surface area contributed by atoms with E-state index in [0.717, 1.165) is 0 Å². The Morgan fingerprint density at radius 2 is 1.00 bits per heavy atom. The molecule has 0 bridgehead atoms. The monoisotopic (exact) mass is 166 g/mol. The molecule has 0 spiro atoms. The summed E-state index contributed by atoms with van der Waals surface area (Å²) in [6.07, 6.45) is 8.36. The van der Waals surface area contributed by atoms with Gasteiger partial charge in [-0.2, -0.15) is 0 Å². The van der Waals surface area contributed by atoms with Gasteiger partial charge < -0.3 is 0 Å². The third-order valence-electron chi connectivity index (χ3n) is 1.46. The van der Waals surface area contributed by atoms with E-state index in [9.17, 15) is 0 Å². The van der Waals surface area contributed by atoms with E-state index >= 15 is 0 Å². The van der Waals surface area contributed by atoms with Crippen LogP contribution in [0.3, 0.4) is 0 Å². The van der Waals surface area contributed by atoms with Gasteiger partial charge in [-0.05, 0) is 38.8 Å². The van der Waals surface area contributed by atoms with Crippen molar-refractivity contribution in [3.8, 4) is 0 Å². The van der Waals surface area contributed by atoms with Crippen molar-refractivity contribution >= 4 is 0 Å². The summed E-state index contributed by atoms with van der Waals surface area (Å²) in [5.74, 6) is 0. The zero-order valence-corrected chi connectivity index (χ0v) is 9.31. The van der Waals surface area contributed by atoms with Crippen LogP contribution in [0.25, 0.3) is 0 Å². The zero-order chi connectivity index (χ0) is 9.98. The van der Waals surface area contributed by atoms with Crippen molar-refractivity contribution in [3.05, 3.63) is 35.5 Å². The van der Waals surface area contributed by atoms with Gasteiger partial charge in [-0.3, -0.25) is 0 Å². The Morgan fingerprint density at radius 3 is 1.17 bits per heavy atom. The van der Waals surface area contributed by atoms with Crippen LogP contribution in [0.4, 0.5) is 0 Å². The topological polar surface area (TPSA) is 0 Å². The Balaban J connectivity index is 0.